The van der Waals surface area contributed by atoms with Gasteiger partial charge >= 0.3 is 0 Å². The third-order valence-corrected chi connectivity index (χ3v) is 7.00. The molecule has 122 valence electrons. The summed E-state index contributed by atoms with van der Waals surface area (Å²) in [4.78, 5) is 7.47. The van der Waals surface area contributed by atoms with Gasteiger partial charge in [-0.1, -0.05) is 32.5 Å². The van der Waals surface area contributed by atoms with Crippen molar-refractivity contribution in [1.82, 2.24) is 19.6 Å². The van der Waals surface area contributed by atoms with E-state index in [1.165, 1.54) is 22.2 Å². The first-order chi connectivity index (χ1) is 10.9. The van der Waals surface area contributed by atoms with Crippen molar-refractivity contribution in [2.75, 3.05) is 6.26 Å². The van der Waals surface area contributed by atoms with Crippen LogP contribution in [0.2, 0.25) is 0 Å². The maximum atomic E-state index is 5.40. The number of fused-ring (bicyclic) bond motifs is 5. The molecule has 0 saturated heterocycles. The van der Waals surface area contributed by atoms with Gasteiger partial charge in [0.25, 0.3) is 0 Å². The predicted molar refractivity (Wildman–Crippen MR) is 100 cm³/mol. The number of nitrogens with zero attached hydrogens (tertiary/aromatic N) is 3. The van der Waals surface area contributed by atoms with E-state index in [4.69, 9.17) is 17.2 Å². The highest BCUT2D eigenvalue weighted by Gasteiger charge is 2.32. The largest absolute Gasteiger partial charge is 0.251 e. The zero-order valence-electron chi connectivity index (χ0n) is 13.8. The van der Waals surface area contributed by atoms with Crippen LogP contribution < -0.4 is 0 Å². The van der Waals surface area contributed by atoms with Crippen molar-refractivity contribution in [2.24, 2.45) is 11.3 Å². The molecular formula is C16H20N4S3. The zero-order valence-corrected chi connectivity index (χ0v) is 16.2. The van der Waals surface area contributed by atoms with Crippen LogP contribution in [0.3, 0.4) is 0 Å². The second kappa shape index (κ2) is 5.29. The number of hydrogen-bond donors (Lipinski definition) is 1. The Morgan fingerprint density at radius 3 is 2.87 bits per heavy atom. The quantitative estimate of drug-likeness (QED) is 0.380. The van der Waals surface area contributed by atoms with Crippen molar-refractivity contribution in [3.8, 4) is 0 Å². The van der Waals surface area contributed by atoms with Gasteiger partial charge in [0, 0.05) is 4.88 Å². The van der Waals surface area contributed by atoms with Gasteiger partial charge in [-0.3, -0.25) is 5.10 Å². The Balaban J connectivity index is 1.98. The fourth-order valence-corrected chi connectivity index (χ4v) is 5.71. The summed E-state index contributed by atoms with van der Waals surface area (Å²) in [7, 11) is 0. The fraction of sp³-hybridized carbons (Fsp3) is 0.562. The van der Waals surface area contributed by atoms with Crippen LogP contribution in [0.4, 0.5) is 0 Å². The summed E-state index contributed by atoms with van der Waals surface area (Å²) in [5.41, 5.74) is 2.75. The van der Waals surface area contributed by atoms with Gasteiger partial charge in [-0.25, -0.2) is 9.38 Å². The van der Waals surface area contributed by atoms with Gasteiger partial charge in [-0.05, 0) is 54.6 Å². The smallest absolute Gasteiger partial charge is 0.201 e. The first kappa shape index (κ1) is 15.6. The number of nitrogens with one attached hydrogen (secondary N) is 1. The third kappa shape index (κ3) is 2.36. The molecular weight excluding hydrogens is 344 g/mol. The first-order valence-corrected chi connectivity index (χ1v) is 10.3. The SMILES string of the molecule is CSc1nc2sc3c(c2c2n[nH]c(=S)n12)CC[C@H](C(C)(C)C)C3. The predicted octanol–water partition coefficient (Wildman–Crippen LogP) is 4.87. The minimum atomic E-state index is 0.357. The summed E-state index contributed by atoms with van der Waals surface area (Å²) in [5.74, 6) is 0.736. The van der Waals surface area contributed by atoms with Crippen molar-refractivity contribution < 1.29 is 0 Å². The maximum Gasteiger partial charge on any atom is 0.201 e. The molecule has 0 radical (unpaired) electrons. The van der Waals surface area contributed by atoms with E-state index in [1.54, 1.807) is 11.8 Å². The van der Waals surface area contributed by atoms with Crippen molar-refractivity contribution in [2.45, 2.75) is 45.2 Å². The number of H-pyrrole nitrogens is 1. The normalized spacial score (nSPS) is 18.7. The van der Waals surface area contributed by atoms with Gasteiger partial charge in [0.1, 0.15) is 4.83 Å². The highest BCUT2D eigenvalue weighted by molar-refractivity contribution is 7.98. The van der Waals surface area contributed by atoms with Gasteiger partial charge in [-0.2, -0.15) is 5.10 Å². The summed E-state index contributed by atoms with van der Waals surface area (Å²) >= 11 is 8.86. The molecule has 0 fully saturated rings. The lowest BCUT2D eigenvalue weighted by Crippen LogP contribution is -2.26. The van der Waals surface area contributed by atoms with Crippen LogP contribution in [0.15, 0.2) is 5.16 Å². The van der Waals surface area contributed by atoms with Crippen molar-refractivity contribution >= 4 is 51.2 Å². The van der Waals surface area contributed by atoms with E-state index in [9.17, 15) is 0 Å². The molecule has 0 spiro atoms. The Morgan fingerprint density at radius 2 is 2.17 bits per heavy atom. The minimum absolute atomic E-state index is 0.357. The summed E-state index contributed by atoms with van der Waals surface area (Å²) in [6.07, 6.45) is 5.55. The molecule has 23 heavy (non-hydrogen) atoms. The van der Waals surface area contributed by atoms with Crippen molar-refractivity contribution in [1.29, 1.82) is 0 Å². The average molecular weight is 365 g/mol. The highest BCUT2D eigenvalue weighted by atomic mass is 32.2. The van der Waals surface area contributed by atoms with Crippen LogP contribution in [-0.2, 0) is 12.8 Å². The Labute approximate surface area is 148 Å². The van der Waals surface area contributed by atoms with Gasteiger partial charge in [0.05, 0.1) is 5.39 Å². The van der Waals surface area contributed by atoms with Gasteiger partial charge in [-0.15, -0.1) is 11.3 Å². The van der Waals surface area contributed by atoms with Crippen LogP contribution in [-0.4, -0.2) is 25.8 Å². The Morgan fingerprint density at radius 1 is 1.39 bits per heavy atom. The molecule has 0 amide bonds. The topological polar surface area (TPSA) is 46.0 Å². The Kier molecular flexibility index (Phi) is 3.59. The molecule has 0 unspecified atom stereocenters. The molecule has 1 aliphatic carbocycles. The second-order valence-electron chi connectivity index (χ2n) is 7.28. The standard InChI is InChI=1S/C16H20N4S3/c1-16(2,3)8-5-6-9-10(7-8)23-13-11(9)12-18-19-14(21)20(12)15(17-13)22-4/h8H,5-7H2,1-4H3,(H,19,21)/t8-/m0/s1. The second-order valence-corrected chi connectivity index (χ2v) is 9.52. The van der Waals surface area contributed by atoms with E-state index >= 15 is 0 Å². The van der Waals surface area contributed by atoms with Crippen LogP contribution >= 0.6 is 35.3 Å². The minimum Gasteiger partial charge on any atom is -0.251 e. The molecule has 0 saturated carbocycles. The molecule has 0 aromatic carbocycles. The highest BCUT2D eigenvalue weighted by Crippen LogP contribution is 2.44. The molecule has 0 aliphatic heterocycles. The zero-order chi connectivity index (χ0) is 16.4. The molecule has 3 heterocycles. The molecule has 1 aliphatic rings. The van der Waals surface area contributed by atoms with Gasteiger partial charge < -0.3 is 0 Å². The number of aromatic amines is 1. The molecule has 7 heteroatoms. The summed E-state index contributed by atoms with van der Waals surface area (Å²) in [6.45, 7) is 7.06. The molecule has 4 rings (SSSR count). The van der Waals surface area contributed by atoms with Crippen molar-refractivity contribution in [3.05, 3.63) is 15.2 Å². The summed E-state index contributed by atoms with van der Waals surface area (Å²) in [5, 5.41) is 9.57. The molecule has 1 N–H and O–H groups in total. The van der Waals surface area contributed by atoms with E-state index in [2.05, 4.69) is 31.0 Å². The van der Waals surface area contributed by atoms with E-state index in [0.29, 0.717) is 10.2 Å². The van der Waals surface area contributed by atoms with Crippen LogP contribution in [0, 0.1) is 16.1 Å². The lowest BCUT2D eigenvalue weighted by molar-refractivity contribution is 0.218. The molecule has 3 aromatic heterocycles. The van der Waals surface area contributed by atoms with Gasteiger partial charge in [0.15, 0.2) is 10.8 Å². The van der Waals surface area contributed by atoms with E-state index < -0.39 is 0 Å². The Bertz CT molecular complexity index is 958. The number of rotatable bonds is 1. The lowest BCUT2D eigenvalue weighted by atomic mass is 9.72. The van der Waals surface area contributed by atoms with E-state index in [-0.39, 0.29) is 0 Å². The van der Waals surface area contributed by atoms with Crippen LogP contribution in [0.25, 0.3) is 15.9 Å². The summed E-state index contributed by atoms with van der Waals surface area (Å²) in [6, 6.07) is 0. The van der Waals surface area contributed by atoms with Crippen LogP contribution in [0.1, 0.15) is 37.6 Å². The first-order valence-electron chi connectivity index (χ1n) is 7.85. The van der Waals surface area contributed by atoms with Crippen LogP contribution in [0.5, 0.6) is 0 Å². The monoisotopic (exact) mass is 364 g/mol. The molecule has 1 atom stereocenters. The number of hydrogen-bond acceptors (Lipinski definition) is 5. The number of thioether (sulfide) groups is 1. The third-order valence-electron chi connectivity index (χ3n) is 4.94. The van der Waals surface area contributed by atoms with E-state index in [0.717, 1.165) is 34.4 Å². The molecule has 3 aromatic rings. The van der Waals surface area contributed by atoms with Crippen molar-refractivity contribution in [3.63, 3.8) is 0 Å². The maximum absolute atomic E-state index is 5.40. The number of thiophene rings is 1. The summed E-state index contributed by atoms with van der Waals surface area (Å²) < 4.78 is 2.60. The number of aromatic nitrogens is 4. The van der Waals surface area contributed by atoms with E-state index in [1.807, 2.05) is 22.0 Å². The molecule has 4 nitrogen and oxygen atoms in total. The lowest BCUT2D eigenvalue weighted by Gasteiger charge is -2.33. The van der Waals surface area contributed by atoms with Gasteiger partial charge in [0.2, 0.25) is 4.77 Å². The molecule has 0 bridgehead atoms. The Hall–Kier alpha value is -0.920. The fourth-order valence-electron chi connectivity index (χ4n) is 3.54. The average Bonchev–Trinajstić information content (AvgIpc) is 3.05. The number of aryl methyl sites for hydroxylation is 1.